The Labute approximate surface area is 104 Å². The van der Waals surface area contributed by atoms with Crippen LogP contribution in [0.25, 0.3) is 0 Å². The third-order valence-electron chi connectivity index (χ3n) is 2.56. The van der Waals surface area contributed by atoms with Crippen LogP contribution >= 0.6 is 0 Å². The van der Waals surface area contributed by atoms with Gasteiger partial charge in [0.25, 0.3) is 0 Å². The Morgan fingerprint density at radius 2 is 2.11 bits per heavy atom. The van der Waals surface area contributed by atoms with Gasteiger partial charge in [0.05, 0.1) is 0 Å². The average molecular weight is 251 g/mol. The molecule has 96 valence electrons. The molecular formula is C13H15F2N3. The largest absolute Gasteiger partial charge is 0.364 e. The van der Waals surface area contributed by atoms with E-state index in [1.54, 1.807) is 0 Å². The van der Waals surface area contributed by atoms with Crippen LogP contribution in [0.5, 0.6) is 0 Å². The average Bonchev–Trinajstić information content (AvgIpc) is 2.79. The molecule has 0 bridgehead atoms. The lowest BCUT2D eigenvalue weighted by molar-refractivity contribution is 0.586. The summed E-state index contributed by atoms with van der Waals surface area (Å²) in [6.07, 6.45) is 2.85. The van der Waals surface area contributed by atoms with E-state index in [9.17, 15) is 8.78 Å². The summed E-state index contributed by atoms with van der Waals surface area (Å²) in [4.78, 5) is 0. The van der Waals surface area contributed by atoms with Crippen LogP contribution in [-0.2, 0) is 13.1 Å². The van der Waals surface area contributed by atoms with Gasteiger partial charge in [-0.2, -0.15) is 5.10 Å². The summed E-state index contributed by atoms with van der Waals surface area (Å²) in [7, 11) is 0. The Morgan fingerprint density at radius 1 is 1.28 bits per heavy atom. The summed E-state index contributed by atoms with van der Waals surface area (Å²) in [5, 5.41) is 7.23. The summed E-state index contributed by atoms with van der Waals surface area (Å²) in [6, 6.07) is 5.23. The number of hydrogen-bond acceptors (Lipinski definition) is 2. The molecule has 0 aliphatic rings. The fraction of sp³-hybridized carbons (Fsp3) is 0.308. The van der Waals surface area contributed by atoms with Crippen molar-refractivity contribution >= 4 is 5.82 Å². The van der Waals surface area contributed by atoms with Crippen LogP contribution in [0.15, 0.2) is 30.5 Å². The van der Waals surface area contributed by atoms with Crippen molar-refractivity contribution in [2.24, 2.45) is 0 Å². The fourth-order valence-corrected chi connectivity index (χ4v) is 1.67. The standard InChI is InChI=1S/C13H15F2N3/c1-2-6-18-7-5-13(17-18)16-9-10-8-11(14)3-4-12(10)15/h3-5,7-8H,2,6,9H2,1H3,(H,16,17). The Morgan fingerprint density at radius 3 is 2.89 bits per heavy atom. The molecule has 0 saturated heterocycles. The molecule has 0 unspecified atom stereocenters. The third-order valence-corrected chi connectivity index (χ3v) is 2.56. The molecule has 0 atom stereocenters. The van der Waals surface area contributed by atoms with Crippen LogP contribution < -0.4 is 5.32 Å². The highest BCUT2D eigenvalue weighted by Crippen LogP contribution is 2.12. The molecule has 0 fully saturated rings. The highest BCUT2D eigenvalue weighted by molar-refractivity contribution is 5.34. The Balaban J connectivity index is 1.99. The van der Waals surface area contributed by atoms with Crippen molar-refractivity contribution in [2.75, 3.05) is 5.32 Å². The first-order valence-electron chi connectivity index (χ1n) is 5.90. The Bertz CT molecular complexity index is 523. The van der Waals surface area contributed by atoms with Gasteiger partial charge < -0.3 is 5.32 Å². The predicted molar refractivity (Wildman–Crippen MR) is 66.2 cm³/mol. The van der Waals surface area contributed by atoms with Crippen LogP contribution in [-0.4, -0.2) is 9.78 Å². The summed E-state index contributed by atoms with van der Waals surface area (Å²) >= 11 is 0. The molecule has 0 spiro atoms. The molecule has 1 aromatic heterocycles. The van der Waals surface area contributed by atoms with E-state index in [0.717, 1.165) is 25.1 Å². The van der Waals surface area contributed by atoms with Crippen molar-refractivity contribution in [3.8, 4) is 0 Å². The highest BCUT2D eigenvalue weighted by Gasteiger charge is 2.04. The summed E-state index contributed by atoms with van der Waals surface area (Å²) < 4.78 is 28.1. The zero-order chi connectivity index (χ0) is 13.0. The SMILES string of the molecule is CCCn1ccc(NCc2cc(F)ccc2F)n1. The number of nitrogens with one attached hydrogen (secondary N) is 1. The van der Waals surface area contributed by atoms with Crippen molar-refractivity contribution in [2.45, 2.75) is 26.4 Å². The fourth-order valence-electron chi connectivity index (χ4n) is 1.67. The maximum Gasteiger partial charge on any atom is 0.148 e. The minimum Gasteiger partial charge on any atom is -0.364 e. The molecule has 0 amide bonds. The molecular weight excluding hydrogens is 236 g/mol. The van der Waals surface area contributed by atoms with Gasteiger partial charge in [0.2, 0.25) is 0 Å². The van der Waals surface area contributed by atoms with E-state index in [1.165, 1.54) is 6.07 Å². The second-order valence-electron chi connectivity index (χ2n) is 4.05. The first-order chi connectivity index (χ1) is 8.69. The second-order valence-corrected chi connectivity index (χ2v) is 4.05. The van der Waals surface area contributed by atoms with Gasteiger partial charge >= 0.3 is 0 Å². The number of anilines is 1. The topological polar surface area (TPSA) is 29.9 Å². The lowest BCUT2D eigenvalue weighted by Crippen LogP contribution is -2.04. The molecule has 2 rings (SSSR count). The van der Waals surface area contributed by atoms with E-state index >= 15 is 0 Å². The van der Waals surface area contributed by atoms with E-state index in [-0.39, 0.29) is 6.54 Å². The van der Waals surface area contributed by atoms with Crippen molar-refractivity contribution in [1.82, 2.24) is 9.78 Å². The molecule has 0 aliphatic carbocycles. The van der Waals surface area contributed by atoms with E-state index < -0.39 is 11.6 Å². The van der Waals surface area contributed by atoms with Gasteiger partial charge in [-0.05, 0) is 24.6 Å². The maximum atomic E-state index is 13.4. The molecule has 1 heterocycles. The van der Waals surface area contributed by atoms with Crippen LogP contribution in [0.1, 0.15) is 18.9 Å². The Kier molecular flexibility index (Phi) is 3.92. The summed E-state index contributed by atoms with van der Waals surface area (Å²) in [5.41, 5.74) is 0.292. The van der Waals surface area contributed by atoms with Crippen LogP contribution in [0.4, 0.5) is 14.6 Å². The number of benzene rings is 1. The number of aromatic nitrogens is 2. The first kappa shape index (κ1) is 12.5. The minimum atomic E-state index is -0.440. The molecule has 5 heteroatoms. The first-order valence-corrected chi connectivity index (χ1v) is 5.90. The molecule has 0 aliphatic heterocycles. The van der Waals surface area contributed by atoms with Crippen LogP contribution in [0.2, 0.25) is 0 Å². The maximum absolute atomic E-state index is 13.4. The van der Waals surface area contributed by atoms with Crippen molar-refractivity contribution in [1.29, 1.82) is 0 Å². The molecule has 0 saturated carbocycles. The van der Waals surface area contributed by atoms with Crippen molar-refractivity contribution in [3.63, 3.8) is 0 Å². The smallest absolute Gasteiger partial charge is 0.148 e. The molecule has 3 nitrogen and oxygen atoms in total. The van der Waals surface area contributed by atoms with Gasteiger partial charge in [0.15, 0.2) is 0 Å². The quantitative estimate of drug-likeness (QED) is 0.884. The summed E-state index contributed by atoms with van der Waals surface area (Å²) in [6.45, 7) is 3.12. The lowest BCUT2D eigenvalue weighted by Gasteiger charge is -2.05. The van der Waals surface area contributed by atoms with Gasteiger partial charge in [-0.15, -0.1) is 0 Å². The molecule has 1 N–H and O–H groups in total. The van der Waals surface area contributed by atoms with Gasteiger partial charge in [-0.3, -0.25) is 4.68 Å². The number of aryl methyl sites for hydroxylation is 1. The lowest BCUT2D eigenvalue weighted by atomic mass is 10.2. The zero-order valence-electron chi connectivity index (χ0n) is 10.2. The molecule has 1 aromatic carbocycles. The molecule has 18 heavy (non-hydrogen) atoms. The van der Waals surface area contributed by atoms with Crippen molar-refractivity contribution in [3.05, 3.63) is 47.7 Å². The van der Waals surface area contributed by atoms with Gasteiger partial charge in [-0.25, -0.2) is 8.78 Å². The normalized spacial score (nSPS) is 10.6. The van der Waals surface area contributed by atoms with E-state index in [0.29, 0.717) is 11.4 Å². The predicted octanol–water partition coefficient (Wildman–Crippen LogP) is 3.18. The van der Waals surface area contributed by atoms with Gasteiger partial charge in [0.1, 0.15) is 17.5 Å². The highest BCUT2D eigenvalue weighted by atomic mass is 19.1. The third kappa shape index (κ3) is 3.06. The second kappa shape index (κ2) is 5.62. The van der Waals surface area contributed by atoms with E-state index in [1.807, 2.05) is 16.9 Å². The number of rotatable bonds is 5. The van der Waals surface area contributed by atoms with Gasteiger partial charge in [-0.1, -0.05) is 6.92 Å². The summed E-state index contributed by atoms with van der Waals surface area (Å²) in [5.74, 6) is -0.200. The number of halogens is 2. The molecule has 2 aromatic rings. The van der Waals surface area contributed by atoms with E-state index in [2.05, 4.69) is 17.3 Å². The van der Waals surface area contributed by atoms with Crippen molar-refractivity contribution < 1.29 is 8.78 Å². The Hall–Kier alpha value is -1.91. The zero-order valence-corrected chi connectivity index (χ0v) is 10.2. The van der Waals surface area contributed by atoms with Gasteiger partial charge in [0, 0.05) is 30.9 Å². The minimum absolute atomic E-state index is 0.215. The van der Waals surface area contributed by atoms with Crippen LogP contribution in [0.3, 0.4) is 0 Å². The van der Waals surface area contributed by atoms with Crippen LogP contribution in [0, 0.1) is 11.6 Å². The number of nitrogens with zero attached hydrogens (tertiary/aromatic N) is 2. The monoisotopic (exact) mass is 251 g/mol. The number of hydrogen-bond donors (Lipinski definition) is 1. The van der Waals surface area contributed by atoms with E-state index in [4.69, 9.17) is 0 Å². The molecule has 0 radical (unpaired) electrons.